The molecule has 0 spiro atoms. The van der Waals surface area contributed by atoms with Gasteiger partial charge < -0.3 is 6.92 Å². The topological polar surface area (TPSA) is 0 Å². The zero-order valence-electron chi connectivity index (χ0n) is 6.36. The fourth-order valence-electron chi connectivity index (χ4n) is 0. The van der Waals surface area contributed by atoms with Crippen LogP contribution in [0.5, 0.6) is 0 Å². The van der Waals surface area contributed by atoms with E-state index in [-0.39, 0.29) is 32.7 Å². The molecule has 1 atom stereocenters. The Hall–Kier alpha value is 1.10. The van der Waals surface area contributed by atoms with Crippen LogP contribution >= 0.6 is 0 Å². The predicted octanol–water partition coefficient (Wildman–Crippen LogP) is 2.50. The molecule has 1 heteroatoms. The van der Waals surface area contributed by atoms with Gasteiger partial charge in [-0.25, -0.2) is 0 Å². The Morgan fingerprint density at radius 2 is 1.38 bits per heavy atom. The predicted molar refractivity (Wildman–Crippen MR) is 34.0 cm³/mol. The van der Waals surface area contributed by atoms with Crippen LogP contribution in [0.1, 0.15) is 27.7 Å². The summed E-state index contributed by atoms with van der Waals surface area (Å²) in [7, 11) is 0. The van der Waals surface area contributed by atoms with Gasteiger partial charge in [0.15, 0.2) is 0 Å². The Kier molecular flexibility index (Phi) is 5.93. The Morgan fingerprint density at radius 1 is 1.25 bits per heavy atom. The van der Waals surface area contributed by atoms with E-state index in [9.17, 15) is 0 Å². The summed E-state index contributed by atoms with van der Waals surface area (Å²) in [6, 6.07) is 0. The van der Waals surface area contributed by atoms with Gasteiger partial charge in [0.05, 0.1) is 0 Å². The Balaban J connectivity index is 0. The second-order valence-electron chi connectivity index (χ2n) is 3.27. The van der Waals surface area contributed by atoms with Crippen molar-refractivity contribution in [2.45, 2.75) is 27.7 Å². The summed E-state index contributed by atoms with van der Waals surface area (Å²) in [4.78, 5) is 0. The van der Waals surface area contributed by atoms with E-state index in [0.29, 0.717) is 11.3 Å². The summed E-state index contributed by atoms with van der Waals surface area (Å²) < 4.78 is 0. The van der Waals surface area contributed by atoms with Crippen LogP contribution < -0.4 is 0 Å². The van der Waals surface area contributed by atoms with Gasteiger partial charge in [0.2, 0.25) is 0 Å². The largest absolute Gasteiger partial charge is 0.340 e. The van der Waals surface area contributed by atoms with Crippen LogP contribution in [0.2, 0.25) is 0 Å². The van der Waals surface area contributed by atoms with Crippen molar-refractivity contribution in [3.8, 4) is 0 Å². The van der Waals surface area contributed by atoms with E-state index in [1.165, 1.54) is 0 Å². The van der Waals surface area contributed by atoms with Crippen molar-refractivity contribution in [2.75, 3.05) is 0 Å². The minimum Gasteiger partial charge on any atom is -0.340 e. The van der Waals surface area contributed by atoms with E-state index in [2.05, 4.69) is 34.6 Å². The molecule has 1 radical (unpaired) electrons. The van der Waals surface area contributed by atoms with Crippen molar-refractivity contribution in [1.82, 2.24) is 0 Å². The maximum absolute atomic E-state index is 3.91. The van der Waals surface area contributed by atoms with Crippen molar-refractivity contribution >= 4 is 0 Å². The molecule has 0 aliphatic carbocycles. The van der Waals surface area contributed by atoms with E-state index in [1.807, 2.05) is 0 Å². The average molecular weight is 188 g/mol. The third-order valence-electron chi connectivity index (χ3n) is 1.48. The Labute approximate surface area is 78.3 Å². The Morgan fingerprint density at radius 3 is 1.38 bits per heavy atom. The molecule has 8 heavy (non-hydrogen) atoms. The maximum atomic E-state index is 3.91. The Bertz CT molecular complexity index is 49.9. The first-order valence-corrected chi connectivity index (χ1v) is 2.77. The molecule has 0 aromatic rings. The smallest absolute Gasteiger partial charge is 0 e. The van der Waals surface area contributed by atoms with Crippen LogP contribution in [0.25, 0.3) is 0 Å². The molecule has 0 saturated heterocycles. The molecule has 0 fully saturated rings. The van der Waals surface area contributed by atoms with Crippen LogP contribution in [0.4, 0.5) is 0 Å². The van der Waals surface area contributed by atoms with Crippen molar-refractivity contribution in [3.63, 3.8) is 0 Å². The van der Waals surface area contributed by atoms with Crippen LogP contribution in [-0.4, -0.2) is 0 Å². The van der Waals surface area contributed by atoms with Gasteiger partial charge in [-0.1, -0.05) is 33.1 Å². The zero-order chi connectivity index (χ0) is 6.08. The molecular formula is C7H15Y-. The zero-order valence-corrected chi connectivity index (χ0v) is 9.20. The second kappa shape index (κ2) is 4.01. The molecule has 0 amide bonds. The standard InChI is InChI=1S/C7H15.Y/c1-6(2)7(3,4)5;/h6H,1H2,2-5H3;/q-1;. The molecular weight excluding hydrogens is 173 g/mol. The summed E-state index contributed by atoms with van der Waals surface area (Å²) in [6.45, 7) is 12.6. The first-order valence-electron chi connectivity index (χ1n) is 2.77. The fraction of sp³-hybridized carbons (Fsp3) is 0.857. The monoisotopic (exact) mass is 188 g/mol. The molecule has 47 valence electrons. The van der Waals surface area contributed by atoms with Crippen molar-refractivity contribution < 1.29 is 32.7 Å². The summed E-state index contributed by atoms with van der Waals surface area (Å²) in [5.41, 5.74) is 0.389. The van der Waals surface area contributed by atoms with E-state index in [0.717, 1.165) is 0 Å². The van der Waals surface area contributed by atoms with Crippen molar-refractivity contribution in [2.24, 2.45) is 11.3 Å². The van der Waals surface area contributed by atoms with Gasteiger partial charge >= 0.3 is 0 Å². The molecule has 0 aliphatic heterocycles. The van der Waals surface area contributed by atoms with Crippen LogP contribution in [-0.2, 0) is 32.7 Å². The van der Waals surface area contributed by atoms with Crippen LogP contribution in [0.15, 0.2) is 0 Å². The van der Waals surface area contributed by atoms with Gasteiger partial charge in [-0.15, -0.1) is 0 Å². The molecule has 0 nitrogen and oxygen atoms in total. The molecule has 0 aromatic carbocycles. The first kappa shape index (κ1) is 11.8. The molecule has 0 heterocycles. The minimum absolute atomic E-state index is 0. The van der Waals surface area contributed by atoms with Gasteiger partial charge in [0.25, 0.3) is 0 Å². The van der Waals surface area contributed by atoms with Crippen LogP contribution in [0.3, 0.4) is 0 Å². The van der Waals surface area contributed by atoms with E-state index in [1.54, 1.807) is 0 Å². The first-order chi connectivity index (χ1) is 2.94. The van der Waals surface area contributed by atoms with Crippen LogP contribution in [0, 0.1) is 18.3 Å². The summed E-state index contributed by atoms with van der Waals surface area (Å²) in [5, 5.41) is 0. The SMILES string of the molecule is [CH2-]C(C)C(C)(C)C.[Y]. The normalized spacial score (nSPS) is 14.6. The summed E-state index contributed by atoms with van der Waals surface area (Å²) >= 11 is 0. The van der Waals surface area contributed by atoms with E-state index < -0.39 is 0 Å². The van der Waals surface area contributed by atoms with E-state index >= 15 is 0 Å². The number of hydrogen-bond acceptors (Lipinski definition) is 0. The molecule has 0 aromatic heterocycles. The van der Waals surface area contributed by atoms with Gasteiger partial charge in [-0.3, -0.25) is 0 Å². The van der Waals surface area contributed by atoms with E-state index in [4.69, 9.17) is 0 Å². The fourth-order valence-corrected chi connectivity index (χ4v) is 0. The van der Waals surface area contributed by atoms with Crippen molar-refractivity contribution in [3.05, 3.63) is 6.92 Å². The number of hydrogen-bond donors (Lipinski definition) is 0. The molecule has 0 saturated carbocycles. The van der Waals surface area contributed by atoms with Gasteiger partial charge in [0.1, 0.15) is 0 Å². The molecule has 0 rings (SSSR count). The quantitative estimate of drug-likeness (QED) is 0.512. The second-order valence-corrected chi connectivity index (χ2v) is 3.27. The molecule has 0 aliphatic rings. The maximum Gasteiger partial charge on any atom is 0 e. The van der Waals surface area contributed by atoms with Crippen molar-refractivity contribution in [1.29, 1.82) is 0 Å². The third-order valence-corrected chi connectivity index (χ3v) is 1.48. The third kappa shape index (κ3) is 5.24. The minimum atomic E-state index is 0. The molecule has 0 bridgehead atoms. The summed E-state index contributed by atoms with van der Waals surface area (Å²) in [5.74, 6) is 0.549. The molecule has 1 unspecified atom stereocenters. The van der Waals surface area contributed by atoms with Gasteiger partial charge in [-0.05, 0) is 0 Å². The average Bonchev–Trinajstić information content (AvgIpc) is 1.31. The number of rotatable bonds is 0. The summed E-state index contributed by atoms with van der Waals surface area (Å²) in [6.07, 6.45) is 0. The van der Waals surface area contributed by atoms with Gasteiger partial charge in [-0.2, -0.15) is 5.92 Å². The van der Waals surface area contributed by atoms with Gasteiger partial charge in [0, 0.05) is 32.7 Å². The molecule has 0 N–H and O–H groups in total.